The van der Waals surface area contributed by atoms with Gasteiger partial charge in [0.15, 0.2) is 5.75 Å². The summed E-state index contributed by atoms with van der Waals surface area (Å²) in [5.74, 6) is -1.97. The first-order valence-electron chi connectivity index (χ1n) is 15.7. The van der Waals surface area contributed by atoms with E-state index in [1.54, 1.807) is 18.2 Å². The molecule has 0 aliphatic heterocycles. The minimum Gasteiger partial charge on any atom is -0.505 e. The molecular formula is C31H22ClFN10O13S4. The predicted octanol–water partition coefficient (Wildman–Crippen LogP) is 6.41. The van der Waals surface area contributed by atoms with Crippen molar-refractivity contribution in [2.75, 3.05) is 16.4 Å². The molecule has 0 unspecified atom stereocenters. The van der Waals surface area contributed by atoms with Gasteiger partial charge in [-0.05, 0) is 78.2 Å². The molecule has 0 saturated heterocycles. The lowest BCUT2D eigenvalue weighted by Gasteiger charge is -2.14. The maximum absolute atomic E-state index is 14.3. The lowest BCUT2D eigenvalue weighted by molar-refractivity contribution is 0.472. The van der Waals surface area contributed by atoms with E-state index in [2.05, 4.69) is 46.0 Å². The zero-order valence-electron chi connectivity index (χ0n) is 29.1. The number of rotatable bonds is 12. The van der Waals surface area contributed by atoms with Crippen molar-refractivity contribution >= 4 is 115 Å². The molecule has 9 N–H and O–H groups in total. The molecule has 0 fully saturated rings. The van der Waals surface area contributed by atoms with Crippen LogP contribution in [0.15, 0.2) is 119 Å². The van der Waals surface area contributed by atoms with Crippen molar-refractivity contribution in [2.45, 2.75) is 19.6 Å². The highest BCUT2D eigenvalue weighted by Crippen LogP contribution is 2.48. The summed E-state index contributed by atoms with van der Waals surface area (Å²) in [4.78, 5) is 7.16. The van der Waals surface area contributed by atoms with Crippen LogP contribution in [0.3, 0.4) is 0 Å². The van der Waals surface area contributed by atoms with Crippen LogP contribution in [0.25, 0.3) is 10.8 Å². The van der Waals surface area contributed by atoms with Gasteiger partial charge in [-0.15, -0.1) is 15.3 Å². The Bertz CT molecular complexity index is 3270. The number of nitrogen functional groups attached to an aromatic ring is 1. The van der Waals surface area contributed by atoms with Crippen LogP contribution in [0, 0.1) is 6.08 Å². The van der Waals surface area contributed by atoms with Gasteiger partial charge in [-0.3, -0.25) is 18.2 Å². The fourth-order valence-electron chi connectivity index (χ4n) is 5.17. The summed E-state index contributed by atoms with van der Waals surface area (Å²) < 4.78 is 151. The van der Waals surface area contributed by atoms with Gasteiger partial charge < -0.3 is 21.5 Å². The van der Waals surface area contributed by atoms with Gasteiger partial charge in [0.1, 0.15) is 31.7 Å². The van der Waals surface area contributed by atoms with Gasteiger partial charge in [0, 0.05) is 16.4 Å². The molecule has 6 rings (SSSR count). The Kier molecular flexibility index (Phi) is 11.5. The molecule has 6 aromatic rings. The normalized spacial score (nSPS) is 12.7. The quantitative estimate of drug-likeness (QED) is 0.0373. The van der Waals surface area contributed by atoms with Crippen molar-refractivity contribution in [1.82, 2.24) is 15.0 Å². The largest absolute Gasteiger partial charge is 0.505 e. The molecule has 0 bridgehead atoms. The SMILES string of the molecule is Nc1c(N=Nc2ccc(S(=O)(=O)O)cc2)c(S(=O)(=O)O)cc2cc(S(=O)(=O)O)c(N=Nc3ccc(Nc4nc(F)nc(Nc5cccc(Cl)c5)n4)cc3S(=O)(=O)O)c(O)c12. The molecule has 5 aromatic carbocycles. The molecule has 29 heteroatoms. The van der Waals surface area contributed by atoms with E-state index in [1.807, 2.05) is 0 Å². The maximum Gasteiger partial charge on any atom is 0.315 e. The van der Waals surface area contributed by atoms with Crippen LogP contribution in [0.4, 0.5) is 56.1 Å². The molecule has 0 aliphatic rings. The monoisotopic (exact) mass is 924 g/mol. The van der Waals surface area contributed by atoms with Crippen molar-refractivity contribution in [3.8, 4) is 5.75 Å². The number of fused-ring (bicyclic) bond motifs is 1. The Balaban J connectivity index is 1.43. The number of phenols is 1. The summed E-state index contributed by atoms with van der Waals surface area (Å²) in [6.07, 6.45) is -1.26. The summed E-state index contributed by atoms with van der Waals surface area (Å²) in [6.45, 7) is 0. The van der Waals surface area contributed by atoms with Crippen LogP contribution in [-0.4, -0.2) is 71.9 Å². The Morgan fingerprint density at radius 1 is 0.617 bits per heavy atom. The summed E-state index contributed by atoms with van der Waals surface area (Å²) >= 11 is 5.96. The number of nitrogens with zero attached hydrogens (tertiary/aromatic N) is 7. The molecule has 0 amide bonds. The standard InChI is InChI=1S/C31H22ClFN10O13S4/c32-15-2-1-3-17(12-15)35-30-37-29(33)38-31(39-30)36-18-6-9-20(21(13-18)58(48,49)50)41-43-27-23(60(54,55)56)11-14-10-22(59(51,52)53)26(25(34)24(14)28(27)44)42-40-16-4-7-19(8-5-16)57(45,46)47/h1-13,44H,34H2,(H,45,46,47)(H,48,49,50)(H,51,52,53)(H,54,55,56)(H2,35,36,37,38,39). The predicted molar refractivity (Wildman–Crippen MR) is 208 cm³/mol. The minimum atomic E-state index is -5.40. The van der Waals surface area contributed by atoms with Crippen LogP contribution in [0.5, 0.6) is 5.75 Å². The molecule has 312 valence electrons. The van der Waals surface area contributed by atoms with Gasteiger partial charge in [0.25, 0.3) is 40.5 Å². The van der Waals surface area contributed by atoms with E-state index in [0.29, 0.717) is 22.8 Å². The highest BCUT2D eigenvalue weighted by molar-refractivity contribution is 7.86. The highest BCUT2D eigenvalue weighted by Gasteiger charge is 2.28. The highest BCUT2D eigenvalue weighted by atomic mass is 35.5. The Morgan fingerprint density at radius 3 is 1.72 bits per heavy atom. The number of halogens is 2. The molecule has 60 heavy (non-hydrogen) atoms. The number of aromatic hydroxyl groups is 1. The van der Waals surface area contributed by atoms with Gasteiger partial charge in [0.05, 0.1) is 21.7 Å². The zero-order valence-corrected chi connectivity index (χ0v) is 33.1. The summed E-state index contributed by atoms with van der Waals surface area (Å²) in [6, 6.07) is 14.1. The van der Waals surface area contributed by atoms with E-state index in [1.165, 1.54) is 6.07 Å². The topological polar surface area (TPSA) is 376 Å². The Hall–Kier alpha value is -6.37. The minimum absolute atomic E-state index is 0.143. The van der Waals surface area contributed by atoms with E-state index >= 15 is 0 Å². The van der Waals surface area contributed by atoms with Crippen molar-refractivity contribution in [3.63, 3.8) is 0 Å². The van der Waals surface area contributed by atoms with Crippen molar-refractivity contribution in [1.29, 1.82) is 0 Å². The van der Waals surface area contributed by atoms with E-state index < -0.39 is 111 Å². The molecule has 1 aromatic heterocycles. The first kappa shape index (κ1) is 43.2. The second-order valence-corrected chi connectivity index (χ2v) is 17.8. The number of hydrogen-bond donors (Lipinski definition) is 8. The lowest BCUT2D eigenvalue weighted by atomic mass is 10.1. The molecule has 0 aliphatic carbocycles. The van der Waals surface area contributed by atoms with Crippen LogP contribution >= 0.6 is 11.6 Å². The van der Waals surface area contributed by atoms with E-state index in [0.717, 1.165) is 42.5 Å². The van der Waals surface area contributed by atoms with Gasteiger partial charge in [0.2, 0.25) is 11.9 Å². The summed E-state index contributed by atoms with van der Waals surface area (Å²) in [7, 11) is -20.5. The number of nitrogens with two attached hydrogens (primary N) is 1. The second kappa shape index (κ2) is 16.0. The smallest absolute Gasteiger partial charge is 0.315 e. The van der Waals surface area contributed by atoms with Gasteiger partial charge in [-0.1, -0.05) is 17.7 Å². The maximum atomic E-state index is 14.3. The average molecular weight is 925 g/mol. The van der Waals surface area contributed by atoms with Gasteiger partial charge in [-0.25, -0.2) is 0 Å². The first-order chi connectivity index (χ1) is 27.9. The third kappa shape index (κ3) is 9.73. The lowest BCUT2D eigenvalue weighted by Crippen LogP contribution is -2.06. The van der Waals surface area contributed by atoms with Crippen LogP contribution in [0.2, 0.25) is 5.02 Å². The second-order valence-electron chi connectivity index (χ2n) is 11.8. The molecule has 0 atom stereocenters. The molecule has 0 saturated carbocycles. The third-order valence-corrected chi connectivity index (χ3v) is 11.4. The van der Waals surface area contributed by atoms with Crippen molar-refractivity contribution in [2.24, 2.45) is 20.5 Å². The molecule has 0 radical (unpaired) electrons. The van der Waals surface area contributed by atoms with Gasteiger partial charge in [-0.2, -0.15) is 58.1 Å². The zero-order chi connectivity index (χ0) is 43.9. The van der Waals surface area contributed by atoms with E-state index in [9.17, 15) is 61.4 Å². The Morgan fingerprint density at radius 2 is 1.17 bits per heavy atom. The number of anilines is 5. The molecular weight excluding hydrogens is 903 g/mol. The number of aromatic nitrogens is 3. The Labute approximate surface area is 341 Å². The average Bonchev–Trinajstić information content (AvgIpc) is 3.12. The van der Waals surface area contributed by atoms with Gasteiger partial charge >= 0.3 is 6.08 Å². The number of phenolic OH excluding ortho intramolecular Hbond substituents is 1. The van der Waals surface area contributed by atoms with Crippen molar-refractivity contribution < 1.29 is 61.4 Å². The number of nitrogens with one attached hydrogen (secondary N) is 2. The first-order valence-corrected chi connectivity index (χ1v) is 21.8. The fourth-order valence-corrected chi connectivity index (χ4v) is 7.82. The van der Waals surface area contributed by atoms with Crippen LogP contribution < -0.4 is 16.4 Å². The van der Waals surface area contributed by atoms with E-state index in [-0.39, 0.29) is 17.3 Å². The molecule has 23 nitrogen and oxygen atoms in total. The number of azo groups is 2. The number of hydrogen-bond acceptors (Lipinski definition) is 19. The summed E-state index contributed by atoms with van der Waals surface area (Å²) in [5, 5.41) is 30.4. The van der Waals surface area contributed by atoms with Crippen molar-refractivity contribution in [3.05, 3.63) is 90.0 Å². The van der Waals surface area contributed by atoms with Crippen LogP contribution in [0.1, 0.15) is 0 Å². The number of benzene rings is 5. The molecule has 1 heterocycles. The van der Waals surface area contributed by atoms with E-state index in [4.69, 9.17) is 17.3 Å². The third-order valence-electron chi connectivity index (χ3n) is 7.71. The summed E-state index contributed by atoms with van der Waals surface area (Å²) in [5.41, 5.74) is 2.76. The molecule has 0 spiro atoms. The fraction of sp³-hybridized carbons (Fsp3) is 0. The van der Waals surface area contributed by atoms with Crippen LogP contribution in [-0.2, 0) is 40.5 Å².